The molecular formula is C11H17N3O2. The van der Waals surface area contributed by atoms with Crippen LogP contribution in [-0.4, -0.2) is 29.7 Å². The molecule has 5 heteroatoms. The predicted molar refractivity (Wildman–Crippen MR) is 61.6 cm³/mol. The number of aromatic nitrogens is 2. The number of hydrogen-bond donors (Lipinski definition) is 2. The summed E-state index contributed by atoms with van der Waals surface area (Å²) in [6.07, 6.45) is 2.29. The van der Waals surface area contributed by atoms with E-state index in [1.54, 1.807) is 6.92 Å². The van der Waals surface area contributed by atoms with E-state index in [0.717, 1.165) is 26.2 Å². The summed E-state index contributed by atoms with van der Waals surface area (Å²) in [6, 6.07) is 1.48. The molecule has 1 aromatic heterocycles. The van der Waals surface area contributed by atoms with Gasteiger partial charge >= 0.3 is 0 Å². The molecule has 16 heavy (non-hydrogen) atoms. The minimum atomic E-state index is -0.116. The number of H-pyrrole nitrogens is 1. The molecule has 1 unspecified atom stereocenters. The zero-order valence-electron chi connectivity index (χ0n) is 9.45. The Morgan fingerprint density at radius 3 is 3.25 bits per heavy atom. The van der Waals surface area contributed by atoms with Crippen LogP contribution in [0.25, 0.3) is 0 Å². The molecule has 0 aliphatic carbocycles. The van der Waals surface area contributed by atoms with Gasteiger partial charge in [0.1, 0.15) is 11.6 Å². The van der Waals surface area contributed by atoms with Gasteiger partial charge in [-0.15, -0.1) is 0 Å². The van der Waals surface area contributed by atoms with Gasteiger partial charge in [-0.1, -0.05) is 0 Å². The number of rotatable bonds is 3. The molecule has 1 aliphatic heterocycles. The van der Waals surface area contributed by atoms with Crippen LogP contribution in [0.4, 0.5) is 5.82 Å². The average molecular weight is 223 g/mol. The first-order chi connectivity index (χ1) is 7.74. The van der Waals surface area contributed by atoms with E-state index < -0.39 is 0 Å². The van der Waals surface area contributed by atoms with Crippen molar-refractivity contribution in [3.63, 3.8) is 0 Å². The Kier molecular flexibility index (Phi) is 3.56. The van der Waals surface area contributed by atoms with E-state index in [0.29, 0.717) is 17.6 Å². The highest BCUT2D eigenvalue weighted by Gasteiger charge is 2.13. The predicted octanol–water partition coefficient (Wildman–Crippen LogP) is 0.917. The molecule has 0 aromatic carbocycles. The van der Waals surface area contributed by atoms with Crippen LogP contribution < -0.4 is 10.9 Å². The van der Waals surface area contributed by atoms with Crippen molar-refractivity contribution in [1.29, 1.82) is 0 Å². The van der Waals surface area contributed by atoms with E-state index >= 15 is 0 Å². The van der Waals surface area contributed by atoms with E-state index in [-0.39, 0.29) is 5.56 Å². The second kappa shape index (κ2) is 5.12. The van der Waals surface area contributed by atoms with Crippen LogP contribution in [0.5, 0.6) is 0 Å². The Hall–Kier alpha value is -1.36. The lowest BCUT2D eigenvalue weighted by atomic mass is 10.0. The number of nitrogens with zero attached hydrogens (tertiary/aromatic N) is 1. The molecule has 0 spiro atoms. The largest absolute Gasteiger partial charge is 0.381 e. The van der Waals surface area contributed by atoms with Crippen molar-refractivity contribution in [2.24, 2.45) is 5.92 Å². The van der Waals surface area contributed by atoms with Crippen LogP contribution in [-0.2, 0) is 4.74 Å². The number of ether oxygens (including phenoxy) is 1. The van der Waals surface area contributed by atoms with Crippen LogP contribution in [0.15, 0.2) is 10.9 Å². The van der Waals surface area contributed by atoms with Crippen LogP contribution in [0.1, 0.15) is 18.7 Å². The number of hydrogen-bond acceptors (Lipinski definition) is 4. The fourth-order valence-electron chi connectivity index (χ4n) is 1.89. The lowest BCUT2D eigenvalue weighted by Crippen LogP contribution is -2.25. The van der Waals surface area contributed by atoms with Gasteiger partial charge in [0.2, 0.25) is 0 Å². The molecule has 0 radical (unpaired) electrons. The van der Waals surface area contributed by atoms with Gasteiger partial charge in [-0.3, -0.25) is 4.79 Å². The summed E-state index contributed by atoms with van der Waals surface area (Å²) in [4.78, 5) is 18.0. The molecule has 2 N–H and O–H groups in total. The van der Waals surface area contributed by atoms with E-state index in [4.69, 9.17) is 4.74 Å². The van der Waals surface area contributed by atoms with Gasteiger partial charge in [0.25, 0.3) is 5.56 Å². The highest BCUT2D eigenvalue weighted by molar-refractivity contribution is 5.32. The smallest absolute Gasteiger partial charge is 0.252 e. The molecule has 1 atom stereocenters. The Labute approximate surface area is 94.2 Å². The first-order valence-corrected chi connectivity index (χ1v) is 5.63. The lowest BCUT2D eigenvalue weighted by molar-refractivity contribution is 0.0595. The van der Waals surface area contributed by atoms with Crippen molar-refractivity contribution in [1.82, 2.24) is 9.97 Å². The van der Waals surface area contributed by atoms with E-state index in [2.05, 4.69) is 15.3 Å². The van der Waals surface area contributed by atoms with E-state index in [1.165, 1.54) is 12.5 Å². The molecule has 88 valence electrons. The quantitative estimate of drug-likeness (QED) is 0.799. The number of aryl methyl sites for hydroxylation is 1. The Bertz CT molecular complexity index is 396. The minimum Gasteiger partial charge on any atom is -0.381 e. The molecule has 0 bridgehead atoms. The molecule has 1 aliphatic rings. The van der Waals surface area contributed by atoms with E-state index in [9.17, 15) is 4.79 Å². The van der Waals surface area contributed by atoms with Crippen molar-refractivity contribution < 1.29 is 4.74 Å². The molecule has 0 amide bonds. The minimum absolute atomic E-state index is 0.116. The van der Waals surface area contributed by atoms with Crippen molar-refractivity contribution in [2.75, 3.05) is 25.1 Å². The van der Waals surface area contributed by atoms with Crippen molar-refractivity contribution >= 4 is 5.82 Å². The summed E-state index contributed by atoms with van der Waals surface area (Å²) >= 11 is 0. The Balaban J connectivity index is 1.90. The van der Waals surface area contributed by atoms with Crippen LogP contribution in [0.2, 0.25) is 0 Å². The van der Waals surface area contributed by atoms with Crippen LogP contribution >= 0.6 is 0 Å². The standard InChI is InChI=1S/C11H17N3O2/c1-8-13-10(5-11(15)14-8)12-6-9-3-2-4-16-7-9/h5,9H,2-4,6-7H2,1H3,(H2,12,13,14,15). The lowest BCUT2D eigenvalue weighted by Gasteiger charge is -2.22. The first-order valence-electron chi connectivity index (χ1n) is 5.63. The third-order valence-corrected chi connectivity index (χ3v) is 2.69. The summed E-state index contributed by atoms with van der Waals surface area (Å²) in [6.45, 7) is 4.26. The molecule has 2 rings (SSSR count). The molecule has 2 heterocycles. The normalized spacial score (nSPS) is 20.7. The highest BCUT2D eigenvalue weighted by Crippen LogP contribution is 2.13. The molecule has 0 saturated carbocycles. The van der Waals surface area contributed by atoms with Gasteiger partial charge in [0.15, 0.2) is 0 Å². The molecule has 1 fully saturated rings. The second-order valence-corrected chi connectivity index (χ2v) is 4.18. The van der Waals surface area contributed by atoms with Gasteiger partial charge in [-0.2, -0.15) is 0 Å². The van der Waals surface area contributed by atoms with Crippen molar-refractivity contribution in [2.45, 2.75) is 19.8 Å². The molecule has 1 saturated heterocycles. The monoisotopic (exact) mass is 223 g/mol. The maximum Gasteiger partial charge on any atom is 0.252 e. The zero-order valence-corrected chi connectivity index (χ0v) is 9.45. The maximum absolute atomic E-state index is 11.2. The van der Waals surface area contributed by atoms with Gasteiger partial charge < -0.3 is 15.0 Å². The maximum atomic E-state index is 11.2. The second-order valence-electron chi connectivity index (χ2n) is 4.18. The van der Waals surface area contributed by atoms with Gasteiger partial charge in [0.05, 0.1) is 6.61 Å². The van der Waals surface area contributed by atoms with Gasteiger partial charge in [0, 0.05) is 19.2 Å². The fourth-order valence-corrected chi connectivity index (χ4v) is 1.89. The number of nitrogens with one attached hydrogen (secondary N) is 2. The summed E-state index contributed by atoms with van der Waals surface area (Å²) in [7, 11) is 0. The SMILES string of the molecule is Cc1nc(NCC2CCCOC2)cc(=O)[nH]1. The average Bonchev–Trinajstić information content (AvgIpc) is 2.27. The molecule has 5 nitrogen and oxygen atoms in total. The van der Waals surface area contributed by atoms with Crippen molar-refractivity contribution in [3.05, 3.63) is 22.2 Å². The summed E-state index contributed by atoms with van der Waals surface area (Å²) in [5, 5.41) is 3.18. The van der Waals surface area contributed by atoms with Crippen LogP contribution in [0, 0.1) is 12.8 Å². The molecule has 1 aromatic rings. The number of aromatic amines is 1. The van der Waals surface area contributed by atoms with Crippen molar-refractivity contribution in [3.8, 4) is 0 Å². The fraction of sp³-hybridized carbons (Fsp3) is 0.636. The zero-order chi connectivity index (χ0) is 11.4. The third kappa shape index (κ3) is 3.06. The van der Waals surface area contributed by atoms with E-state index in [1.807, 2.05) is 0 Å². The van der Waals surface area contributed by atoms with Gasteiger partial charge in [-0.25, -0.2) is 4.98 Å². The molecular weight excluding hydrogens is 206 g/mol. The number of anilines is 1. The van der Waals surface area contributed by atoms with Crippen LogP contribution in [0.3, 0.4) is 0 Å². The topological polar surface area (TPSA) is 67.0 Å². The highest BCUT2D eigenvalue weighted by atomic mass is 16.5. The van der Waals surface area contributed by atoms with Gasteiger partial charge in [-0.05, 0) is 25.7 Å². The summed E-state index contributed by atoms with van der Waals surface area (Å²) in [5.41, 5.74) is -0.116. The first kappa shape index (κ1) is 11.1. The Morgan fingerprint density at radius 2 is 2.56 bits per heavy atom. The summed E-state index contributed by atoms with van der Waals surface area (Å²) < 4.78 is 5.39. The summed E-state index contributed by atoms with van der Waals surface area (Å²) in [5.74, 6) is 1.80. The third-order valence-electron chi connectivity index (χ3n) is 2.69. The Morgan fingerprint density at radius 1 is 1.69 bits per heavy atom.